The number of nitrogens with one attached hydrogen (secondary N) is 1. The molecule has 1 aliphatic rings. The van der Waals surface area contributed by atoms with Crippen molar-refractivity contribution in [1.82, 2.24) is 0 Å². The maximum atomic E-state index is 12.8. The van der Waals surface area contributed by atoms with Gasteiger partial charge in [-0.15, -0.1) is 0 Å². The lowest BCUT2D eigenvalue weighted by Gasteiger charge is -2.17. The summed E-state index contributed by atoms with van der Waals surface area (Å²) < 4.78 is 32.6. The van der Waals surface area contributed by atoms with Crippen LogP contribution in [-0.2, 0) is 19.6 Å². The average molecular weight is 409 g/mol. The standard InChI is InChI=1S/C18H17ClN2O5S/c1-26-18(23)12-7-8-15(19)16(10-12)27(24,25)20-13-4-2-5-14(11-13)21-9-3-6-17(21)22/h2,4-5,7-8,10-11,20H,3,6,9H2,1H3. The fourth-order valence-corrected chi connectivity index (χ4v) is 4.40. The number of rotatable bonds is 5. The van der Waals surface area contributed by atoms with Gasteiger partial charge in [0.1, 0.15) is 4.90 Å². The van der Waals surface area contributed by atoms with E-state index in [9.17, 15) is 18.0 Å². The van der Waals surface area contributed by atoms with E-state index < -0.39 is 16.0 Å². The van der Waals surface area contributed by atoms with Gasteiger partial charge in [-0.1, -0.05) is 17.7 Å². The molecule has 0 unspecified atom stereocenters. The topological polar surface area (TPSA) is 92.8 Å². The van der Waals surface area contributed by atoms with E-state index >= 15 is 0 Å². The molecule has 1 fully saturated rings. The highest BCUT2D eigenvalue weighted by Gasteiger charge is 2.23. The number of anilines is 2. The second kappa shape index (κ2) is 7.58. The van der Waals surface area contributed by atoms with Crippen molar-refractivity contribution in [3.63, 3.8) is 0 Å². The summed E-state index contributed by atoms with van der Waals surface area (Å²) in [6, 6.07) is 10.4. The molecule has 0 spiro atoms. The monoisotopic (exact) mass is 408 g/mol. The third-order valence-corrected chi connectivity index (χ3v) is 5.99. The summed E-state index contributed by atoms with van der Waals surface area (Å²) in [4.78, 5) is 24.9. The van der Waals surface area contributed by atoms with Crippen LogP contribution in [0.3, 0.4) is 0 Å². The number of carbonyl (C=O) groups is 2. The van der Waals surface area contributed by atoms with Gasteiger partial charge in [0.15, 0.2) is 0 Å². The predicted octanol–water partition coefficient (Wildman–Crippen LogP) is 3.05. The number of halogens is 1. The van der Waals surface area contributed by atoms with Crippen molar-refractivity contribution in [1.29, 1.82) is 0 Å². The molecule has 142 valence electrons. The molecule has 1 saturated heterocycles. The number of benzene rings is 2. The van der Waals surface area contributed by atoms with E-state index in [2.05, 4.69) is 9.46 Å². The van der Waals surface area contributed by atoms with E-state index in [-0.39, 0.29) is 27.1 Å². The van der Waals surface area contributed by atoms with Crippen LogP contribution in [0.4, 0.5) is 11.4 Å². The molecule has 0 aromatic heterocycles. The van der Waals surface area contributed by atoms with Crippen LogP contribution in [0.25, 0.3) is 0 Å². The zero-order chi connectivity index (χ0) is 19.6. The summed E-state index contributed by atoms with van der Waals surface area (Å²) in [6.45, 7) is 0.599. The second-order valence-electron chi connectivity index (χ2n) is 5.94. The van der Waals surface area contributed by atoms with Gasteiger partial charge in [-0.3, -0.25) is 9.52 Å². The minimum atomic E-state index is -4.06. The van der Waals surface area contributed by atoms with E-state index in [1.165, 1.54) is 19.2 Å². The van der Waals surface area contributed by atoms with Crippen LogP contribution in [0.5, 0.6) is 0 Å². The van der Waals surface area contributed by atoms with Gasteiger partial charge in [-0.25, -0.2) is 13.2 Å². The van der Waals surface area contributed by atoms with Crippen LogP contribution < -0.4 is 9.62 Å². The fraction of sp³-hybridized carbons (Fsp3) is 0.222. The lowest BCUT2D eigenvalue weighted by molar-refractivity contribution is -0.117. The Hall–Kier alpha value is -2.58. The van der Waals surface area contributed by atoms with Crippen LogP contribution in [-0.4, -0.2) is 33.9 Å². The first-order valence-electron chi connectivity index (χ1n) is 8.13. The highest BCUT2D eigenvalue weighted by atomic mass is 35.5. The smallest absolute Gasteiger partial charge is 0.337 e. The Morgan fingerprint density at radius 3 is 2.67 bits per heavy atom. The number of amides is 1. The number of sulfonamides is 1. The first-order valence-corrected chi connectivity index (χ1v) is 9.99. The van der Waals surface area contributed by atoms with Crippen molar-refractivity contribution in [2.75, 3.05) is 23.3 Å². The van der Waals surface area contributed by atoms with Crippen LogP contribution in [0, 0.1) is 0 Å². The van der Waals surface area contributed by atoms with Crippen LogP contribution in [0.15, 0.2) is 47.4 Å². The molecule has 1 amide bonds. The van der Waals surface area contributed by atoms with E-state index in [1.807, 2.05) is 0 Å². The average Bonchev–Trinajstić information content (AvgIpc) is 3.07. The molecule has 0 bridgehead atoms. The number of esters is 1. The third kappa shape index (κ3) is 4.06. The van der Waals surface area contributed by atoms with Crippen LogP contribution >= 0.6 is 11.6 Å². The first-order chi connectivity index (χ1) is 12.8. The number of methoxy groups -OCH3 is 1. The summed E-state index contributed by atoms with van der Waals surface area (Å²) >= 11 is 6.02. The summed E-state index contributed by atoms with van der Waals surface area (Å²) in [5.41, 5.74) is 0.970. The van der Waals surface area contributed by atoms with Gasteiger partial charge in [0.05, 0.1) is 23.4 Å². The third-order valence-electron chi connectivity index (χ3n) is 4.13. The number of hydrogen-bond acceptors (Lipinski definition) is 5. The Morgan fingerprint density at radius 2 is 2.00 bits per heavy atom. The lowest BCUT2D eigenvalue weighted by atomic mass is 10.2. The molecule has 2 aromatic rings. The quantitative estimate of drug-likeness (QED) is 0.767. The van der Waals surface area contributed by atoms with Crippen LogP contribution in [0.1, 0.15) is 23.2 Å². The Kier molecular flexibility index (Phi) is 5.38. The summed E-state index contributed by atoms with van der Waals surface area (Å²) in [7, 11) is -2.85. The van der Waals surface area contributed by atoms with E-state index in [1.54, 1.807) is 29.2 Å². The molecule has 7 nitrogen and oxygen atoms in total. The normalized spacial score (nSPS) is 14.3. The number of hydrogen-bond donors (Lipinski definition) is 1. The van der Waals surface area contributed by atoms with Gasteiger partial charge in [0, 0.05) is 18.7 Å². The highest BCUT2D eigenvalue weighted by Crippen LogP contribution is 2.28. The largest absolute Gasteiger partial charge is 0.465 e. The van der Waals surface area contributed by atoms with Gasteiger partial charge in [-0.2, -0.15) is 0 Å². The second-order valence-corrected chi connectivity index (χ2v) is 8.00. The predicted molar refractivity (Wildman–Crippen MR) is 102 cm³/mol. The zero-order valence-corrected chi connectivity index (χ0v) is 16.0. The molecule has 27 heavy (non-hydrogen) atoms. The Bertz CT molecular complexity index is 1010. The molecule has 3 rings (SSSR count). The van der Waals surface area contributed by atoms with E-state index in [4.69, 9.17) is 11.6 Å². The Labute approximate surface area is 161 Å². The molecule has 2 aromatic carbocycles. The molecule has 0 radical (unpaired) electrons. The molecule has 0 atom stereocenters. The lowest BCUT2D eigenvalue weighted by Crippen LogP contribution is -2.23. The van der Waals surface area contributed by atoms with Gasteiger partial charge in [0.2, 0.25) is 5.91 Å². The first kappa shape index (κ1) is 19.2. The van der Waals surface area contributed by atoms with Gasteiger partial charge in [-0.05, 0) is 42.8 Å². The molecular weight excluding hydrogens is 392 g/mol. The van der Waals surface area contributed by atoms with Gasteiger partial charge < -0.3 is 9.64 Å². The van der Waals surface area contributed by atoms with Crippen molar-refractivity contribution in [3.8, 4) is 0 Å². The molecule has 1 aliphatic heterocycles. The molecule has 1 N–H and O–H groups in total. The summed E-state index contributed by atoms with van der Waals surface area (Å²) in [5.74, 6) is -0.665. The van der Waals surface area contributed by atoms with Crippen LogP contribution in [0.2, 0.25) is 5.02 Å². The summed E-state index contributed by atoms with van der Waals surface area (Å²) in [5, 5.41) is -0.0268. The number of ether oxygens (including phenoxy) is 1. The Morgan fingerprint density at radius 1 is 1.22 bits per heavy atom. The fourth-order valence-electron chi connectivity index (χ4n) is 2.82. The van der Waals surface area contributed by atoms with Crippen molar-refractivity contribution >= 4 is 44.9 Å². The molecular formula is C18H17ClN2O5S. The van der Waals surface area contributed by atoms with Crippen molar-refractivity contribution in [2.24, 2.45) is 0 Å². The minimum absolute atomic E-state index is 0.00355. The SMILES string of the molecule is COC(=O)c1ccc(Cl)c(S(=O)(=O)Nc2cccc(N3CCCC3=O)c2)c1. The maximum Gasteiger partial charge on any atom is 0.337 e. The molecule has 1 heterocycles. The van der Waals surface area contributed by atoms with E-state index in [0.29, 0.717) is 18.7 Å². The number of nitrogens with zero attached hydrogens (tertiary/aromatic N) is 1. The molecule has 9 heteroatoms. The Balaban J connectivity index is 1.91. The summed E-state index contributed by atoms with van der Waals surface area (Å²) in [6.07, 6.45) is 1.25. The molecule has 0 aliphatic carbocycles. The minimum Gasteiger partial charge on any atom is -0.465 e. The number of carbonyl (C=O) groups excluding carboxylic acids is 2. The maximum absolute atomic E-state index is 12.8. The van der Waals surface area contributed by atoms with Gasteiger partial charge in [0.25, 0.3) is 10.0 Å². The zero-order valence-electron chi connectivity index (χ0n) is 14.4. The van der Waals surface area contributed by atoms with Crippen molar-refractivity contribution < 1.29 is 22.7 Å². The highest BCUT2D eigenvalue weighted by molar-refractivity contribution is 7.92. The molecule has 0 saturated carbocycles. The van der Waals surface area contributed by atoms with E-state index in [0.717, 1.165) is 12.5 Å². The van der Waals surface area contributed by atoms with Gasteiger partial charge >= 0.3 is 5.97 Å². The van der Waals surface area contributed by atoms with Crippen molar-refractivity contribution in [2.45, 2.75) is 17.7 Å². The van der Waals surface area contributed by atoms with Crippen molar-refractivity contribution in [3.05, 3.63) is 53.1 Å².